The Hall–Kier alpha value is -4.10. The van der Waals surface area contributed by atoms with Crippen LogP contribution in [0.15, 0.2) is 81.0 Å². The summed E-state index contributed by atoms with van der Waals surface area (Å²) >= 11 is 6.12. The molecule has 0 aliphatic rings. The smallest absolute Gasteiger partial charge is 0.282 e. The fourth-order valence-corrected chi connectivity index (χ4v) is 3.74. The molecule has 5 rings (SSSR count). The number of furan rings is 1. The van der Waals surface area contributed by atoms with Crippen LogP contribution >= 0.6 is 11.6 Å². The van der Waals surface area contributed by atoms with E-state index in [1.165, 1.54) is 4.68 Å². The first-order valence-electron chi connectivity index (χ1n) is 10.0. The van der Waals surface area contributed by atoms with E-state index >= 15 is 0 Å². The highest BCUT2D eigenvalue weighted by Gasteiger charge is 2.17. The van der Waals surface area contributed by atoms with Gasteiger partial charge in [-0.3, -0.25) is 4.79 Å². The van der Waals surface area contributed by atoms with Gasteiger partial charge in [0.15, 0.2) is 5.76 Å². The summed E-state index contributed by atoms with van der Waals surface area (Å²) in [4.78, 5) is 18.0. The number of benzene rings is 3. The van der Waals surface area contributed by atoms with Gasteiger partial charge in [-0.1, -0.05) is 23.7 Å². The van der Waals surface area contributed by atoms with Crippen molar-refractivity contribution in [3.8, 4) is 23.1 Å². The van der Waals surface area contributed by atoms with Crippen molar-refractivity contribution in [1.29, 1.82) is 0 Å². The second-order valence-corrected chi connectivity index (χ2v) is 7.65. The molecule has 3 aromatic carbocycles. The van der Waals surface area contributed by atoms with E-state index in [1.54, 1.807) is 81.1 Å². The summed E-state index contributed by atoms with van der Waals surface area (Å²) in [6.45, 7) is 0. The standard InChI is InChI=1S/C25H18ClN3O4/c1-31-18-9-7-15(22(13-18)32-2)14-27-29-24(28-20-6-4-3-5-19(20)25(29)30)23-12-16-11-17(26)8-10-21(16)33-23/h3-14H,1-2H3. The van der Waals surface area contributed by atoms with E-state index < -0.39 is 0 Å². The molecule has 0 atom stereocenters. The highest BCUT2D eigenvalue weighted by atomic mass is 35.5. The third kappa shape index (κ3) is 3.83. The topological polar surface area (TPSA) is 78.9 Å². The van der Waals surface area contributed by atoms with E-state index in [0.29, 0.717) is 44.3 Å². The molecule has 0 aliphatic carbocycles. The van der Waals surface area contributed by atoms with Gasteiger partial charge in [0.2, 0.25) is 5.82 Å². The molecule has 8 heteroatoms. The number of hydrogen-bond acceptors (Lipinski definition) is 6. The van der Waals surface area contributed by atoms with Crippen LogP contribution in [-0.2, 0) is 0 Å². The van der Waals surface area contributed by atoms with Gasteiger partial charge in [-0.25, -0.2) is 4.98 Å². The highest BCUT2D eigenvalue weighted by Crippen LogP contribution is 2.29. The van der Waals surface area contributed by atoms with Gasteiger partial charge >= 0.3 is 0 Å². The number of halogens is 1. The number of para-hydroxylation sites is 1. The van der Waals surface area contributed by atoms with Crippen molar-refractivity contribution in [3.05, 3.63) is 87.7 Å². The molecule has 0 unspecified atom stereocenters. The molecule has 0 N–H and O–H groups in total. The maximum atomic E-state index is 13.4. The van der Waals surface area contributed by atoms with Crippen LogP contribution in [0.1, 0.15) is 5.56 Å². The van der Waals surface area contributed by atoms with E-state index in [1.807, 2.05) is 6.07 Å². The summed E-state index contributed by atoms with van der Waals surface area (Å²) in [6.07, 6.45) is 1.54. The molecule has 5 aromatic rings. The van der Waals surface area contributed by atoms with Crippen molar-refractivity contribution in [2.45, 2.75) is 0 Å². The molecule has 0 amide bonds. The van der Waals surface area contributed by atoms with Crippen LogP contribution in [0.5, 0.6) is 11.5 Å². The number of nitrogens with zero attached hydrogens (tertiary/aromatic N) is 3. The van der Waals surface area contributed by atoms with Crippen LogP contribution < -0.4 is 15.0 Å². The Morgan fingerprint density at radius 1 is 1.03 bits per heavy atom. The van der Waals surface area contributed by atoms with E-state index in [-0.39, 0.29) is 11.4 Å². The Labute approximate surface area is 193 Å². The van der Waals surface area contributed by atoms with Crippen LogP contribution in [0.25, 0.3) is 33.5 Å². The largest absolute Gasteiger partial charge is 0.497 e. The average Bonchev–Trinajstić information content (AvgIpc) is 3.26. The van der Waals surface area contributed by atoms with Gasteiger partial charge < -0.3 is 13.9 Å². The normalized spacial score (nSPS) is 11.5. The van der Waals surface area contributed by atoms with Gasteiger partial charge in [-0.15, -0.1) is 0 Å². The molecule has 2 heterocycles. The molecular weight excluding hydrogens is 442 g/mol. The van der Waals surface area contributed by atoms with Crippen molar-refractivity contribution in [1.82, 2.24) is 9.66 Å². The van der Waals surface area contributed by atoms with Gasteiger partial charge in [-0.2, -0.15) is 9.78 Å². The highest BCUT2D eigenvalue weighted by molar-refractivity contribution is 6.31. The SMILES string of the molecule is COc1ccc(C=Nn2c(-c3cc4cc(Cl)ccc4o3)nc3ccccc3c2=O)c(OC)c1. The molecule has 0 spiro atoms. The van der Waals surface area contributed by atoms with E-state index in [9.17, 15) is 4.79 Å². The second-order valence-electron chi connectivity index (χ2n) is 7.21. The van der Waals surface area contributed by atoms with Crippen molar-refractivity contribution >= 4 is 39.7 Å². The minimum Gasteiger partial charge on any atom is -0.497 e. The van der Waals surface area contributed by atoms with Crippen LogP contribution in [-0.4, -0.2) is 30.1 Å². The predicted molar refractivity (Wildman–Crippen MR) is 129 cm³/mol. The zero-order chi connectivity index (χ0) is 22.9. The molecular formula is C25H18ClN3O4. The maximum absolute atomic E-state index is 13.4. The van der Waals surface area contributed by atoms with Crippen LogP contribution in [0, 0.1) is 0 Å². The van der Waals surface area contributed by atoms with E-state index in [2.05, 4.69) is 10.1 Å². The fourth-order valence-electron chi connectivity index (χ4n) is 3.56. The van der Waals surface area contributed by atoms with E-state index in [0.717, 1.165) is 5.39 Å². The lowest BCUT2D eigenvalue weighted by Crippen LogP contribution is -2.20. The van der Waals surface area contributed by atoms with Crippen molar-refractivity contribution in [2.75, 3.05) is 14.2 Å². The minimum atomic E-state index is -0.321. The molecule has 2 aromatic heterocycles. The van der Waals surface area contributed by atoms with Gasteiger partial charge in [0.25, 0.3) is 5.56 Å². The van der Waals surface area contributed by atoms with Crippen molar-refractivity contribution in [3.63, 3.8) is 0 Å². The molecule has 0 bridgehead atoms. The van der Waals surface area contributed by atoms with Crippen LogP contribution in [0.2, 0.25) is 5.02 Å². The second kappa shape index (κ2) is 8.44. The third-order valence-corrected chi connectivity index (χ3v) is 5.44. The molecule has 0 radical (unpaired) electrons. The van der Waals surface area contributed by atoms with Crippen LogP contribution in [0.4, 0.5) is 0 Å². The fraction of sp³-hybridized carbons (Fsp3) is 0.0800. The maximum Gasteiger partial charge on any atom is 0.282 e. The lowest BCUT2D eigenvalue weighted by Gasteiger charge is -2.09. The number of rotatable bonds is 5. The summed E-state index contributed by atoms with van der Waals surface area (Å²) in [5, 5.41) is 6.29. The number of hydrogen-bond donors (Lipinski definition) is 0. The Balaban J connectivity index is 1.71. The Kier molecular flexibility index (Phi) is 5.32. The monoisotopic (exact) mass is 459 g/mol. The van der Waals surface area contributed by atoms with E-state index in [4.69, 9.17) is 25.5 Å². The third-order valence-electron chi connectivity index (χ3n) is 5.21. The summed E-state index contributed by atoms with van der Waals surface area (Å²) in [7, 11) is 3.14. The molecule has 7 nitrogen and oxygen atoms in total. The number of fused-ring (bicyclic) bond motifs is 2. The van der Waals surface area contributed by atoms with Gasteiger partial charge in [0, 0.05) is 22.0 Å². The lowest BCUT2D eigenvalue weighted by atomic mass is 10.2. The zero-order valence-corrected chi connectivity index (χ0v) is 18.5. The Morgan fingerprint density at radius 2 is 1.88 bits per heavy atom. The molecule has 0 saturated heterocycles. The van der Waals surface area contributed by atoms with Gasteiger partial charge in [0.1, 0.15) is 17.1 Å². The molecule has 164 valence electrons. The van der Waals surface area contributed by atoms with Gasteiger partial charge in [0.05, 0.1) is 31.3 Å². The Bertz CT molecular complexity index is 1590. The summed E-state index contributed by atoms with van der Waals surface area (Å²) in [5.74, 6) is 1.87. The van der Waals surface area contributed by atoms with Crippen molar-refractivity contribution in [2.24, 2.45) is 5.10 Å². The lowest BCUT2D eigenvalue weighted by molar-refractivity contribution is 0.394. The first-order chi connectivity index (χ1) is 16.1. The first-order valence-corrected chi connectivity index (χ1v) is 10.4. The number of methoxy groups -OCH3 is 2. The number of aromatic nitrogens is 2. The molecule has 33 heavy (non-hydrogen) atoms. The minimum absolute atomic E-state index is 0.273. The molecule has 0 fully saturated rings. The summed E-state index contributed by atoms with van der Waals surface area (Å²) < 4.78 is 17.9. The molecule has 0 saturated carbocycles. The summed E-state index contributed by atoms with van der Waals surface area (Å²) in [6, 6.07) is 19.5. The Morgan fingerprint density at radius 3 is 2.70 bits per heavy atom. The average molecular weight is 460 g/mol. The quantitative estimate of drug-likeness (QED) is 0.330. The van der Waals surface area contributed by atoms with Crippen LogP contribution in [0.3, 0.4) is 0 Å². The predicted octanol–water partition coefficient (Wildman–Crippen LogP) is 5.36. The number of ether oxygens (including phenoxy) is 2. The van der Waals surface area contributed by atoms with Crippen molar-refractivity contribution < 1.29 is 13.9 Å². The first kappa shape index (κ1) is 20.8. The summed E-state index contributed by atoms with van der Waals surface area (Å²) in [5.41, 5.74) is 1.52. The molecule has 0 aliphatic heterocycles. The van der Waals surface area contributed by atoms with Gasteiger partial charge in [-0.05, 0) is 48.5 Å². The zero-order valence-electron chi connectivity index (χ0n) is 17.8.